The van der Waals surface area contributed by atoms with Gasteiger partial charge in [-0.3, -0.25) is 0 Å². The molecule has 1 atom stereocenters. The van der Waals surface area contributed by atoms with E-state index in [9.17, 15) is 0 Å². The van der Waals surface area contributed by atoms with Crippen LogP contribution in [0.1, 0.15) is 6.42 Å². The number of hydrogen-bond donors (Lipinski definition) is 0. The molecule has 0 aromatic heterocycles. The van der Waals surface area contributed by atoms with Gasteiger partial charge in [0.2, 0.25) is 0 Å². The van der Waals surface area contributed by atoms with Crippen LogP contribution in [0, 0.1) is 0 Å². The molecular weight excluding hydrogens is 91.0 g/mol. The second-order valence-corrected chi connectivity index (χ2v) is 2.39. The van der Waals surface area contributed by atoms with Crippen LogP contribution in [0.2, 0.25) is 0 Å². The van der Waals surface area contributed by atoms with Crippen LogP contribution in [0.15, 0.2) is 12.7 Å². The molecule has 0 aliphatic carbocycles. The van der Waals surface area contributed by atoms with Crippen molar-refractivity contribution >= 4 is 8.58 Å². The third-order valence-corrected chi connectivity index (χ3v) is 1.39. The lowest BCUT2D eigenvalue weighted by molar-refractivity contribution is 1.25. The van der Waals surface area contributed by atoms with Gasteiger partial charge in [-0.25, -0.2) is 0 Å². The number of hydrogen-bond acceptors (Lipinski definition) is 0. The van der Waals surface area contributed by atoms with Gasteiger partial charge in [0.1, 0.15) is 0 Å². The molecule has 0 aliphatic heterocycles. The molecule has 0 saturated heterocycles. The quantitative estimate of drug-likeness (QED) is 0.290. The summed E-state index contributed by atoms with van der Waals surface area (Å²) in [6, 6.07) is 0. The topological polar surface area (TPSA) is 0 Å². The third-order valence-electron chi connectivity index (χ3n) is 0.598. The molecule has 0 rings (SSSR count). The second kappa shape index (κ2) is 5.17. The average molecular weight is 102 g/mol. The highest BCUT2D eigenvalue weighted by Crippen LogP contribution is 2.02. The fourth-order valence-corrected chi connectivity index (χ4v) is 0.739. The van der Waals surface area contributed by atoms with Crippen molar-refractivity contribution in [2.45, 2.75) is 6.42 Å². The predicted molar refractivity (Wildman–Crippen MR) is 33.9 cm³/mol. The fourth-order valence-electron chi connectivity index (χ4n) is 0.246. The highest BCUT2D eigenvalue weighted by Gasteiger charge is 1.70. The number of allylic oxidation sites excluding steroid dienone is 1. The summed E-state index contributed by atoms with van der Waals surface area (Å²) in [5.41, 5.74) is 0. The van der Waals surface area contributed by atoms with Gasteiger partial charge in [-0.1, -0.05) is 6.08 Å². The second-order valence-electron chi connectivity index (χ2n) is 1.18. The number of rotatable bonds is 3. The summed E-state index contributed by atoms with van der Waals surface area (Å²) in [6.45, 7) is 5.81. The van der Waals surface area contributed by atoms with E-state index in [4.69, 9.17) is 0 Å². The Bertz CT molecular complexity index is 32.9. The Morgan fingerprint density at radius 1 is 1.83 bits per heavy atom. The van der Waals surface area contributed by atoms with Crippen LogP contribution in [0.3, 0.4) is 0 Å². The molecule has 0 bridgehead atoms. The molecule has 0 aliphatic rings. The SMILES string of the molecule is C=CCCPC. The van der Waals surface area contributed by atoms with Gasteiger partial charge in [0.15, 0.2) is 0 Å². The zero-order valence-corrected chi connectivity index (χ0v) is 5.20. The van der Waals surface area contributed by atoms with Crippen molar-refractivity contribution in [3.05, 3.63) is 12.7 Å². The summed E-state index contributed by atoms with van der Waals surface area (Å²) in [4.78, 5) is 0. The lowest BCUT2D eigenvalue weighted by Crippen LogP contribution is -1.64. The van der Waals surface area contributed by atoms with Crippen molar-refractivity contribution in [2.24, 2.45) is 0 Å². The van der Waals surface area contributed by atoms with Gasteiger partial charge < -0.3 is 0 Å². The van der Waals surface area contributed by atoms with Gasteiger partial charge in [0.25, 0.3) is 0 Å². The maximum Gasteiger partial charge on any atom is -0.0316 e. The minimum Gasteiger partial charge on any atom is -0.125 e. The summed E-state index contributed by atoms with van der Waals surface area (Å²) in [5.74, 6) is 0. The van der Waals surface area contributed by atoms with E-state index < -0.39 is 0 Å². The molecule has 0 fully saturated rings. The Hall–Kier alpha value is 0.170. The van der Waals surface area contributed by atoms with E-state index in [1.807, 2.05) is 6.08 Å². The van der Waals surface area contributed by atoms with Gasteiger partial charge in [0, 0.05) is 0 Å². The summed E-state index contributed by atoms with van der Waals surface area (Å²) in [7, 11) is 1.09. The summed E-state index contributed by atoms with van der Waals surface area (Å²) < 4.78 is 0. The van der Waals surface area contributed by atoms with Gasteiger partial charge >= 0.3 is 0 Å². The minimum absolute atomic E-state index is 1.09. The van der Waals surface area contributed by atoms with Crippen molar-refractivity contribution in [3.63, 3.8) is 0 Å². The van der Waals surface area contributed by atoms with Crippen LogP contribution >= 0.6 is 8.58 Å². The van der Waals surface area contributed by atoms with E-state index in [0.717, 1.165) is 8.58 Å². The van der Waals surface area contributed by atoms with Crippen molar-refractivity contribution in [1.29, 1.82) is 0 Å². The highest BCUT2D eigenvalue weighted by atomic mass is 31.1. The van der Waals surface area contributed by atoms with Gasteiger partial charge in [-0.2, -0.15) is 0 Å². The van der Waals surface area contributed by atoms with Crippen molar-refractivity contribution in [1.82, 2.24) is 0 Å². The highest BCUT2D eigenvalue weighted by molar-refractivity contribution is 7.36. The first-order valence-corrected chi connectivity index (χ1v) is 3.88. The summed E-state index contributed by atoms with van der Waals surface area (Å²) in [5, 5.41) is 0. The molecule has 36 valence electrons. The first kappa shape index (κ1) is 6.17. The Morgan fingerprint density at radius 2 is 2.50 bits per heavy atom. The molecule has 0 spiro atoms. The van der Waals surface area contributed by atoms with Crippen LogP contribution in [-0.4, -0.2) is 12.8 Å². The van der Waals surface area contributed by atoms with Crippen molar-refractivity contribution < 1.29 is 0 Å². The van der Waals surface area contributed by atoms with E-state index in [-0.39, 0.29) is 0 Å². The molecule has 0 aromatic rings. The molecule has 1 unspecified atom stereocenters. The molecule has 1 heteroatoms. The molecule has 6 heavy (non-hydrogen) atoms. The summed E-state index contributed by atoms with van der Waals surface area (Å²) >= 11 is 0. The largest absolute Gasteiger partial charge is 0.125 e. The van der Waals surface area contributed by atoms with E-state index in [1.165, 1.54) is 12.6 Å². The van der Waals surface area contributed by atoms with Crippen LogP contribution in [-0.2, 0) is 0 Å². The van der Waals surface area contributed by atoms with E-state index in [2.05, 4.69) is 13.2 Å². The van der Waals surface area contributed by atoms with Gasteiger partial charge in [-0.05, 0) is 19.2 Å². The predicted octanol–water partition coefficient (Wildman–Crippen LogP) is 1.87. The van der Waals surface area contributed by atoms with Gasteiger partial charge in [0.05, 0.1) is 0 Å². The maximum absolute atomic E-state index is 3.60. The Labute approximate surface area is 41.4 Å². The minimum atomic E-state index is 1.09. The van der Waals surface area contributed by atoms with Crippen LogP contribution < -0.4 is 0 Å². The Balaban J connectivity index is 2.49. The third kappa shape index (κ3) is 4.17. The first-order valence-electron chi connectivity index (χ1n) is 2.17. The average Bonchev–Trinajstić information content (AvgIpc) is 1.61. The van der Waals surface area contributed by atoms with E-state index >= 15 is 0 Å². The van der Waals surface area contributed by atoms with E-state index in [1.54, 1.807) is 0 Å². The van der Waals surface area contributed by atoms with Gasteiger partial charge in [-0.15, -0.1) is 15.2 Å². The van der Waals surface area contributed by atoms with Crippen LogP contribution in [0.5, 0.6) is 0 Å². The first-order chi connectivity index (χ1) is 2.91. The molecule has 0 radical (unpaired) electrons. The Kier molecular flexibility index (Phi) is 5.32. The van der Waals surface area contributed by atoms with Crippen LogP contribution in [0.25, 0.3) is 0 Å². The molecule has 0 aromatic carbocycles. The van der Waals surface area contributed by atoms with E-state index in [0.29, 0.717) is 0 Å². The normalized spacial score (nSPS) is 10.2. The molecule has 0 nitrogen and oxygen atoms in total. The van der Waals surface area contributed by atoms with Crippen molar-refractivity contribution in [2.75, 3.05) is 12.8 Å². The smallest absolute Gasteiger partial charge is 0.0316 e. The zero-order valence-electron chi connectivity index (χ0n) is 4.20. The fraction of sp³-hybridized carbons (Fsp3) is 0.600. The molecule has 0 amide bonds. The molecule has 0 saturated carbocycles. The van der Waals surface area contributed by atoms with Crippen molar-refractivity contribution in [3.8, 4) is 0 Å². The molecular formula is C5H11P. The molecule has 0 heterocycles. The summed E-state index contributed by atoms with van der Waals surface area (Å²) in [6.07, 6.45) is 4.48. The monoisotopic (exact) mass is 102 g/mol. The zero-order chi connectivity index (χ0) is 4.83. The Morgan fingerprint density at radius 3 is 2.67 bits per heavy atom. The maximum atomic E-state index is 3.60. The standard InChI is InChI=1S/C5H11P/c1-3-4-5-6-2/h3,6H,1,4-5H2,2H3. The lowest BCUT2D eigenvalue weighted by atomic mass is 10.5. The molecule has 0 N–H and O–H groups in total. The lowest BCUT2D eigenvalue weighted by Gasteiger charge is -1.82. The van der Waals surface area contributed by atoms with Crippen LogP contribution in [0.4, 0.5) is 0 Å².